The molecule has 8 nitrogen and oxygen atoms in total. The van der Waals surface area contributed by atoms with Crippen LogP contribution in [0.25, 0.3) is 0 Å². The van der Waals surface area contributed by atoms with Gasteiger partial charge in [0.2, 0.25) is 0 Å². The average molecular weight is 426 g/mol. The molecule has 0 radical (unpaired) electrons. The van der Waals surface area contributed by atoms with Crippen molar-refractivity contribution in [2.24, 2.45) is 0 Å². The third-order valence-electron chi connectivity index (χ3n) is 6.65. The molecule has 0 aromatic carbocycles. The van der Waals surface area contributed by atoms with Crippen molar-refractivity contribution in [2.75, 3.05) is 30.4 Å². The number of rotatable bonds is 8. The highest BCUT2D eigenvalue weighted by Crippen LogP contribution is 2.60. The molecule has 1 aromatic rings. The highest BCUT2D eigenvalue weighted by atomic mass is 31.2. The van der Waals surface area contributed by atoms with Crippen LogP contribution in [0.2, 0.25) is 0 Å². The van der Waals surface area contributed by atoms with Crippen LogP contribution in [0, 0.1) is 0 Å². The summed E-state index contributed by atoms with van der Waals surface area (Å²) in [6.45, 7) is 5.42. The standard InChI is InChI=1S/C20H35N4O4P/c1-4-20(5-2,29(25,26)27)19-22-17(14-18(23-19)24-12-6-7-13-24)21-15-8-10-16(28-3)11-9-15/h14-16H,4-13H2,1-3H3,(H,21,22,23)(H2,25,26,27). The first-order valence-corrected chi connectivity index (χ1v) is 12.4. The number of hydrogen-bond acceptors (Lipinski definition) is 6. The van der Waals surface area contributed by atoms with Gasteiger partial charge in [-0.1, -0.05) is 13.8 Å². The lowest BCUT2D eigenvalue weighted by atomic mass is 9.93. The zero-order valence-electron chi connectivity index (χ0n) is 17.8. The summed E-state index contributed by atoms with van der Waals surface area (Å²) in [7, 11) is -2.68. The van der Waals surface area contributed by atoms with E-state index in [1.54, 1.807) is 21.0 Å². The van der Waals surface area contributed by atoms with Gasteiger partial charge in [-0.05, 0) is 51.4 Å². The van der Waals surface area contributed by atoms with Gasteiger partial charge in [-0.15, -0.1) is 0 Å². The summed E-state index contributed by atoms with van der Waals surface area (Å²) in [4.78, 5) is 31.9. The van der Waals surface area contributed by atoms with E-state index in [4.69, 9.17) is 4.74 Å². The van der Waals surface area contributed by atoms with Crippen LogP contribution in [-0.4, -0.2) is 52.1 Å². The van der Waals surface area contributed by atoms with Crippen molar-refractivity contribution in [2.45, 2.75) is 82.5 Å². The molecular formula is C20H35N4O4P. The number of methoxy groups -OCH3 is 1. The highest BCUT2D eigenvalue weighted by Gasteiger charge is 2.48. The molecule has 1 saturated heterocycles. The molecule has 29 heavy (non-hydrogen) atoms. The van der Waals surface area contributed by atoms with Crippen LogP contribution < -0.4 is 10.2 Å². The minimum absolute atomic E-state index is 0.258. The Morgan fingerprint density at radius 2 is 1.79 bits per heavy atom. The van der Waals surface area contributed by atoms with E-state index in [-0.39, 0.29) is 24.7 Å². The molecule has 0 amide bonds. The summed E-state index contributed by atoms with van der Waals surface area (Å²) in [6.07, 6.45) is 7.08. The molecule has 164 valence electrons. The van der Waals surface area contributed by atoms with Gasteiger partial charge in [-0.3, -0.25) is 4.57 Å². The fourth-order valence-electron chi connectivity index (χ4n) is 4.59. The van der Waals surface area contributed by atoms with E-state index in [1.807, 2.05) is 6.07 Å². The van der Waals surface area contributed by atoms with E-state index >= 15 is 0 Å². The van der Waals surface area contributed by atoms with Crippen molar-refractivity contribution >= 4 is 19.2 Å². The molecule has 2 heterocycles. The molecule has 3 rings (SSSR count). The summed E-state index contributed by atoms with van der Waals surface area (Å²) >= 11 is 0. The maximum Gasteiger partial charge on any atom is 0.339 e. The molecule has 0 spiro atoms. The Hall–Kier alpha value is -1.21. The Kier molecular flexibility index (Phi) is 7.20. The monoisotopic (exact) mass is 426 g/mol. The van der Waals surface area contributed by atoms with Crippen molar-refractivity contribution in [3.63, 3.8) is 0 Å². The zero-order chi connectivity index (χ0) is 21.1. The Morgan fingerprint density at radius 3 is 2.31 bits per heavy atom. The van der Waals surface area contributed by atoms with Gasteiger partial charge in [-0.25, -0.2) is 9.97 Å². The number of nitrogens with zero attached hydrogens (tertiary/aromatic N) is 3. The molecular weight excluding hydrogens is 391 g/mol. The van der Waals surface area contributed by atoms with Gasteiger partial charge < -0.3 is 24.7 Å². The van der Waals surface area contributed by atoms with Gasteiger partial charge in [0.1, 0.15) is 16.8 Å². The van der Waals surface area contributed by atoms with Crippen LogP contribution in [0.3, 0.4) is 0 Å². The lowest BCUT2D eigenvalue weighted by Crippen LogP contribution is -2.32. The third kappa shape index (κ3) is 4.76. The Bertz CT molecular complexity index is 723. The number of anilines is 2. The van der Waals surface area contributed by atoms with Crippen molar-refractivity contribution in [3.05, 3.63) is 11.9 Å². The predicted octanol–water partition coefficient (Wildman–Crippen LogP) is 3.64. The van der Waals surface area contributed by atoms with Crippen LogP contribution in [0.1, 0.15) is 71.0 Å². The van der Waals surface area contributed by atoms with Crippen LogP contribution in [0.4, 0.5) is 11.6 Å². The third-order valence-corrected chi connectivity index (χ3v) is 8.59. The zero-order valence-corrected chi connectivity index (χ0v) is 18.7. The quantitative estimate of drug-likeness (QED) is 0.541. The topological polar surface area (TPSA) is 108 Å². The molecule has 1 aliphatic carbocycles. The van der Waals surface area contributed by atoms with Crippen molar-refractivity contribution in [3.8, 4) is 0 Å². The second-order valence-corrected chi connectivity index (χ2v) is 10.2. The maximum absolute atomic E-state index is 12.5. The van der Waals surface area contributed by atoms with Crippen LogP contribution in [-0.2, 0) is 14.5 Å². The molecule has 2 fully saturated rings. The summed E-state index contributed by atoms with van der Waals surface area (Å²) in [5.74, 6) is 1.69. The van der Waals surface area contributed by atoms with Crippen LogP contribution >= 0.6 is 7.60 Å². The van der Waals surface area contributed by atoms with E-state index < -0.39 is 12.8 Å². The lowest BCUT2D eigenvalue weighted by molar-refractivity contribution is 0.0681. The molecule has 3 N–H and O–H groups in total. The SMILES string of the molecule is CCC(CC)(c1nc(NC2CCC(OC)CC2)cc(N2CCCC2)n1)P(=O)(O)O. The summed E-state index contributed by atoms with van der Waals surface area (Å²) < 4.78 is 17.9. The summed E-state index contributed by atoms with van der Waals surface area (Å²) in [6, 6.07) is 2.22. The molecule has 1 aromatic heterocycles. The smallest absolute Gasteiger partial charge is 0.339 e. The molecule has 0 unspecified atom stereocenters. The lowest BCUT2D eigenvalue weighted by Gasteiger charge is -2.33. The van der Waals surface area contributed by atoms with Crippen molar-refractivity contribution in [1.29, 1.82) is 0 Å². The average Bonchev–Trinajstić information content (AvgIpc) is 3.24. The second kappa shape index (κ2) is 9.29. The van der Waals surface area contributed by atoms with Gasteiger partial charge in [0, 0.05) is 32.3 Å². The first-order valence-electron chi connectivity index (χ1n) is 10.8. The normalized spacial score (nSPS) is 23.4. The van der Waals surface area contributed by atoms with Crippen molar-refractivity contribution in [1.82, 2.24) is 9.97 Å². The van der Waals surface area contributed by atoms with Gasteiger partial charge in [0.05, 0.1) is 6.10 Å². The van der Waals surface area contributed by atoms with Gasteiger partial charge in [-0.2, -0.15) is 0 Å². The number of hydrogen-bond donors (Lipinski definition) is 3. The van der Waals surface area contributed by atoms with E-state index in [9.17, 15) is 14.4 Å². The Labute approximate surface area is 173 Å². The first-order chi connectivity index (χ1) is 13.8. The minimum atomic E-state index is -4.44. The fourth-order valence-corrected chi connectivity index (χ4v) is 5.77. The van der Waals surface area contributed by atoms with E-state index in [2.05, 4.69) is 20.2 Å². The molecule has 9 heteroatoms. The van der Waals surface area contributed by atoms with E-state index in [0.29, 0.717) is 11.9 Å². The Balaban J connectivity index is 1.95. The van der Waals surface area contributed by atoms with Crippen molar-refractivity contribution < 1.29 is 19.1 Å². The number of aromatic nitrogens is 2. The van der Waals surface area contributed by atoms with Crippen LogP contribution in [0.5, 0.6) is 0 Å². The molecule has 1 saturated carbocycles. The van der Waals surface area contributed by atoms with Gasteiger partial charge >= 0.3 is 7.60 Å². The predicted molar refractivity (Wildman–Crippen MR) is 114 cm³/mol. The number of nitrogens with one attached hydrogen (secondary N) is 1. The molecule has 0 bridgehead atoms. The molecule has 0 atom stereocenters. The van der Waals surface area contributed by atoms with Gasteiger partial charge in [0.25, 0.3) is 0 Å². The van der Waals surface area contributed by atoms with E-state index in [0.717, 1.165) is 57.4 Å². The molecule has 2 aliphatic rings. The highest BCUT2D eigenvalue weighted by molar-refractivity contribution is 7.53. The number of ether oxygens (including phenoxy) is 1. The van der Waals surface area contributed by atoms with E-state index in [1.165, 1.54) is 0 Å². The summed E-state index contributed by atoms with van der Waals surface area (Å²) in [5, 5.41) is 2.16. The Morgan fingerprint density at radius 1 is 1.17 bits per heavy atom. The molecule has 1 aliphatic heterocycles. The van der Waals surface area contributed by atoms with Gasteiger partial charge in [0.15, 0.2) is 5.82 Å². The largest absolute Gasteiger partial charge is 0.381 e. The fraction of sp³-hybridized carbons (Fsp3) is 0.800. The first kappa shape index (κ1) is 22.5. The summed E-state index contributed by atoms with van der Waals surface area (Å²) in [5.41, 5.74) is 0. The second-order valence-electron chi connectivity index (χ2n) is 8.27. The minimum Gasteiger partial charge on any atom is -0.381 e. The maximum atomic E-state index is 12.5. The van der Waals surface area contributed by atoms with Crippen LogP contribution in [0.15, 0.2) is 6.07 Å².